The molecule has 0 unspecified atom stereocenters. The number of hydrogen-bond acceptors (Lipinski definition) is 5. The standard InChI is InChI=1S/C27H33N5O/c1-19-7-5-12-29-24(19)17-32(18-25-20(2)8-6-13-30-25)23-10-15-31(16-11-23)27(33)26-21(3)9-14-28-22(26)4/h5-9,12-14,23H,10-11,15-18H2,1-4H3. The van der Waals surface area contributed by atoms with Crippen molar-refractivity contribution in [2.45, 2.75) is 59.7 Å². The summed E-state index contributed by atoms with van der Waals surface area (Å²) in [5, 5.41) is 0. The number of likely N-dealkylation sites (tertiary alicyclic amines) is 1. The first kappa shape index (κ1) is 23.1. The normalized spacial score (nSPS) is 14.6. The smallest absolute Gasteiger partial charge is 0.255 e. The minimum atomic E-state index is 0.101. The summed E-state index contributed by atoms with van der Waals surface area (Å²) in [6, 6.07) is 10.5. The van der Waals surface area contributed by atoms with Gasteiger partial charge in [-0.3, -0.25) is 24.6 Å². The molecule has 0 radical (unpaired) electrons. The van der Waals surface area contributed by atoms with E-state index in [0.29, 0.717) is 6.04 Å². The molecule has 0 bridgehead atoms. The van der Waals surface area contributed by atoms with Crippen LogP contribution in [-0.4, -0.2) is 49.8 Å². The topological polar surface area (TPSA) is 62.2 Å². The Hall–Kier alpha value is -3.12. The Labute approximate surface area is 196 Å². The van der Waals surface area contributed by atoms with Crippen LogP contribution in [0.5, 0.6) is 0 Å². The van der Waals surface area contributed by atoms with Crippen molar-refractivity contribution in [2.24, 2.45) is 0 Å². The van der Waals surface area contributed by atoms with E-state index in [0.717, 1.165) is 67.2 Å². The van der Waals surface area contributed by atoms with Gasteiger partial charge in [-0.1, -0.05) is 12.1 Å². The lowest BCUT2D eigenvalue weighted by atomic mass is 9.99. The second-order valence-corrected chi connectivity index (χ2v) is 9.05. The Bertz CT molecular complexity index is 1050. The van der Waals surface area contributed by atoms with Gasteiger partial charge >= 0.3 is 0 Å². The maximum Gasteiger partial charge on any atom is 0.255 e. The Morgan fingerprint density at radius 3 is 1.94 bits per heavy atom. The fourth-order valence-corrected chi connectivity index (χ4v) is 4.68. The summed E-state index contributed by atoms with van der Waals surface area (Å²) in [5.74, 6) is 0.101. The molecule has 1 aliphatic rings. The number of nitrogens with zero attached hydrogens (tertiary/aromatic N) is 5. The van der Waals surface area contributed by atoms with Crippen LogP contribution >= 0.6 is 0 Å². The maximum absolute atomic E-state index is 13.2. The van der Waals surface area contributed by atoms with Crippen LogP contribution in [0.15, 0.2) is 48.9 Å². The highest BCUT2D eigenvalue weighted by molar-refractivity contribution is 5.96. The largest absolute Gasteiger partial charge is 0.338 e. The van der Waals surface area contributed by atoms with Crippen LogP contribution in [0.2, 0.25) is 0 Å². The van der Waals surface area contributed by atoms with Gasteiger partial charge in [0, 0.05) is 50.8 Å². The molecule has 1 saturated heterocycles. The van der Waals surface area contributed by atoms with Gasteiger partial charge in [0.05, 0.1) is 22.6 Å². The van der Waals surface area contributed by atoms with E-state index in [4.69, 9.17) is 0 Å². The summed E-state index contributed by atoms with van der Waals surface area (Å²) in [5.41, 5.74) is 7.16. The number of piperidine rings is 1. The zero-order valence-corrected chi connectivity index (χ0v) is 20.1. The minimum Gasteiger partial charge on any atom is -0.338 e. The quantitative estimate of drug-likeness (QED) is 0.565. The van der Waals surface area contributed by atoms with Crippen LogP contribution in [0.25, 0.3) is 0 Å². The molecule has 4 heterocycles. The van der Waals surface area contributed by atoms with Gasteiger partial charge in [0.15, 0.2) is 0 Å². The molecule has 0 aliphatic carbocycles. The van der Waals surface area contributed by atoms with Crippen LogP contribution in [0.3, 0.4) is 0 Å². The van der Waals surface area contributed by atoms with Crippen molar-refractivity contribution in [1.29, 1.82) is 0 Å². The van der Waals surface area contributed by atoms with E-state index in [9.17, 15) is 4.79 Å². The van der Waals surface area contributed by atoms with Crippen molar-refractivity contribution in [1.82, 2.24) is 24.8 Å². The van der Waals surface area contributed by atoms with E-state index in [1.165, 1.54) is 11.1 Å². The monoisotopic (exact) mass is 443 g/mol. The predicted molar refractivity (Wildman–Crippen MR) is 130 cm³/mol. The van der Waals surface area contributed by atoms with Crippen LogP contribution in [0, 0.1) is 27.7 Å². The molecule has 3 aromatic heterocycles. The number of rotatable bonds is 6. The lowest BCUT2D eigenvalue weighted by molar-refractivity contribution is 0.0587. The number of carbonyl (C=O) groups is 1. The van der Waals surface area contributed by atoms with Gasteiger partial charge in [0.2, 0.25) is 0 Å². The number of aromatic nitrogens is 3. The van der Waals surface area contributed by atoms with Crippen molar-refractivity contribution in [3.05, 3.63) is 88.3 Å². The average Bonchev–Trinajstić information content (AvgIpc) is 2.81. The van der Waals surface area contributed by atoms with E-state index in [1.54, 1.807) is 6.20 Å². The molecule has 33 heavy (non-hydrogen) atoms. The van der Waals surface area contributed by atoms with Crippen LogP contribution in [-0.2, 0) is 13.1 Å². The Morgan fingerprint density at radius 2 is 1.42 bits per heavy atom. The Kier molecular flexibility index (Phi) is 7.14. The van der Waals surface area contributed by atoms with E-state index in [-0.39, 0.29) is 5.91 Å². The van der Waals surface area contributed by atoms with Gasteiger partial charge in [0.25, 0.3) is 5.91 Å². The summed E-state index contributed by atoms with van der Waals surface area (Å²) < 4.78 is 0. The molecule has 0 atom stereocenters. The van der Waals surface area contributed by atoms with Gasteiger partial charge in [-0.2, -0.15) is 0 Å². The summed E-state index contributed by atoms with van der Waals surface area (Å²) in [6.07, 6.45) is 7.37. The molecular formula is C27H33N5O. The molecule has 0 spiro atoms. The summed E-state index contributed by atoms with van der Waals surface area (Å²) in [6.45, 7) is 11.2. The summed E-state index contributed by atoms with van der Waals surface area (Å²) >= 11 is 0. The van der Waals surface area contributed by atoms with E-state index in [2.05, 4.69) is 45.8 Å². The first-order valence-corrected chi connectivity index (χ1v) is 11.7. The zero-order valence-electron chi connectivity index (χ0n) is 20.1. The molecule has 1 fully saturated rings. The molecule has 0 aromatic carbocycles. The zero-order chi connectivity index (χ0) is 23.4. The lowest BCUT2D eigenvalue weighted by Gasteiger charge is -2.39. The van der Waals surface area contributed by atoms with Gasteiger partial charge in [-0.05, 0) is 75.4 Å². The number of pyridine rings is 3. The summed E-state index contributed by atoms with van der Waals surface area (Å²) in [7, 11) is 0. The molecule has 1 aliphatic heterocycles. The summed E-state index contributed by atoms with van der Waals surface area (Å²) in [4.78, 5) is 31.4. The molecule has 0 N–H and O–H groups in total. The molecule has 1 amide bonds. The van der Waals surface area contributed by atoms with Gasteiger partial charge in [0.1, 0.15) is 0 Å². The third-order valence-electron chi connectivity index (χ3n) is 6.77. The average molecular weight is 444 g/mol. The molecule has 3 aromatic rings. The first-order valence-electron chi connectivity index (χ1n) is 11.7. The fourth-order valence-electron chi connectivity index (χ4n) is 4.68. The van der Waals surface area contributed by atoms with Crippen molar-refractivity contribution >= 4 is 5.91 Å². The third kappa shape index (κ3) is 5.28. The number of carbonyl (C=O) groups excluding carboxylic acids is 1. The molecule has 172 valence electrons. The second kappa shape index (κ2) is 10.2. The minimum absolute atomic E-state index is 0.101. The van der Waals surface area contributed by atoms with Crippen molar-refractivity contribution < 1.29 is 4.79 Å². The van der Waals surface area contributed by atoms with E-state index in [1.807, 2.05) is 49.3 Å². The van der Waals surface area contributed by atoms with Crippen LogP contribution in [0.1, 0.15) is 57.0 Å². The highest BCUT2D eigenvalue weighted by Gasteiger charge is 2.29. The van der Waals surface area contributed by atoms with E-state index < -0.39 is 0 Å². The second-order valence-electron chi connectivity index (χ2n) is 9.05. The lowest BCUT2D eigenvalue weighted by Crippen LogP contribution is -2.46. The molecule has 6 nitrogen and oxygen atoms in total. The van der Waals surface area contributed by atoms with Crippen LogP contribution in [0.4, 0.5) is 0 Å². The predicted octanol–water partition coefficient (Wildman–Crippen LogP) is 4.41. The maximum atomic E-state index is 13.2. The highest BCUT2D eigenvalue weighted by Crippen LogP contribution is 2.24. The number of amides is 1. The molecular weight excluding hydrogens is 410 g/mol. The SMILES string of the molecule is Cc1cccnc1CN(Cc1ncccc1C)C1CCN(C(=O)c2c(C)ccnc2C)CC1. The number of aryl methyl sites for hydroxylation is 4. The fraction of sp³-hybridized carbons (Fsp3) is 0.407. The molecule has 4 rings (SSSR count). The van der Waals surface area contributed by atoms with Crippen molar-refractivity contribution in [2.75, 3.05) is 13.1 Å². The van der Waals surface area contributed by atoms with Crippen LogP contribution < -0.4 is 0 Å². The molecule has 6 heteroatoms. The van der Waals surface area contributed by atoms with Gasteiger partial charge in [-0.25, -0.2) is 0 Å². The van der Waals surface area contributed by atoms with Gasteiger partial charge in [-0.15, -0.1) is 0 Å². The van der Waals surface area contributed by atoms with Crippen molar-refractivity contribution in [3.8, 4) is 0 Å². The number of hydrogen-bond donors (Lipinski definition) is 0. The Balaban J connectivity index is 1.50. The third-order valence-corrected chi connectivity index (χ3v) is 6.77. The first-order chi connectivity index (χ1) is 15.9. The molecule has 0 saturated carbocycles. The van der Waals surface area contributed by atoms with Crippen molar-refractivity contribution in [3.63, 3.8) is 0 Å². The van der Waals surface area contributed by atoms with Gasteiger partial charge < -0.3 is 4.90 Å². The Morgan fingerprint density at radius 1 is 0.848 bits per heavy atom. The highest BCUT2D eigenvalue weighted by atomic mass is 16.2. The van der Waals surface area contributed by atoms with E-state index >= 15 is 0 Å².